The fourth-order valence-electron chi connectivity index (χ4n) is 5.14. The van der Waals surface area contributed by atoms with Crippen molar-refractivity contribution < 1.29 is 0 Å². The Morgan fingerprint density at radius 1 is 0.553 bits per heavy atom. The second-order valence-corrected chi connectivity index (χ2v) is 9.44. The molecule has 7 rings (SSSR count). The van der Waals surface area contributed by atoms with Crippen LogP contribution in [0.3, 0.4) is 0 Å². The summed E-state index contributed by atoms with van der Waals surface area (Å²) in [5.74, 6) is 1.60. The Bertz CT molecular complexity index is 1830. The largest absolute Gasteiger partial charge is 0.232 e. The van der Waals surface area contributed by atoms with Gasteiger partial charge >= 0.3 is 0 Å². The van der Waals surface area contributed by atoms with Crippen LogP contribution in [0.25, 0.3) is 55.8 Å². The van der Waals surface area contributed by atoms with Crippen LogP contribution >= 0.6 is 0 Å². The third kappa shape index (κ3) is 3.97. The van der Waals surface area contributed by atoms with E-state index in [1.165, 1.54) is 0 Å². The van der Waals surface area contributed by atoms with Crippen LogP contribution in [0, 0.1) is 0 Å². The summed E-state index contributed by atoms with van der Waals surface area (Å²) in [7, 11) is 0. The molecule has 1 aliphatic carbocycles. The fourth-order valence-corrected chi connectivity index (χ4v) is 5.14. The van der Waals surface area contributed by atoms with E-state index in [1.54, 1.807) is 0 Å². The molecule has 38 heavy (non-hydrogen) atoms. The van der Waals surface area contributed by atoms with Gasteiger partial charge in [-0.1, -0.05) is 115 Å². The van der Waals surface area contributed by atoms with E-state index in [0.29, 0.717) is 5.82 Å². The highest BCUT2D eigenvalue weighted by Crippen LogP contribution is 2.38. The number of hydrogen-bond acceptors (Lipinski definition) is 4. The van der Waals surface area contributed by atoms with Gasteiger partial charge < -0.3 is 0 Å². The Labute approximate surface area is 221 Å². The third-order valence-corrected chi connectivity index (χ3v) is 7.00. The second kappa shape index (κ2) is 9.49. The molecular formula is C34H24N4. The lowest BCUT2D eigenvalue weighted by Gasteiger charge is -2.18. The van der Waals surface area contributed by atoms with Gasteiger partial charge in [0.15, 0.2) is 11.6 Å². The van der Waals surface area contributed by atoms with Gasteiger partial charge in [-0.05, 0) is 18.6 Å². The van der Waals surface area contributed by atoms with E-state index in [0.717, 1.165) is 62.1 Å². The highest BCUT2D eigenvalue weighted by molar-refractivity contribution is 6.11. The van der Waals surface area contributed by atoms with Crippen molar-refractivity contribution in [2.75, 3.05) is 0 Å². The zero-order chi connectivity index (χ0) is 25.3. The maximum Gasteiger partial charge on any atom is 0.160 e. The number of aromatic nitrogens is 4. The van der Waals surface area contributed by atoms with Gasteiger partial charge in [-0.3, -0.25) is 0 Å². The smallest absolute Gasteiger partial charge is 0.160 e. The normalized spacial score (nSPS) is 14.8. The van der Waals surface area contributed by atoms with Gasteiger partial charge in [0, 0.05) is 28.0 Å². The number of allylic oxidation sites excluding steroid dienone is 4. The van der Waals surface area contributed by atoms with Crippen LogP contribution in [0.1, 0.15) is 18.0 Å². The van der Waals surface area contributed by atoms with Crippen molar-refractivity contribution in [1.82, 2.24) is 19.9 Å². The minimum atomic E-state index is 0.176. The lowest BCUT2D eigenvalue weighted by atomic mass is 9.92. The average Bonchev–Trinajstić information content (AvgIpc) is 3.01. The molecule has 0 saturated heterocycles. The molecule has 4 heteroatoms. The first-order chi connectivity index (χ1) is 18.8. The van der Waals surface area contributed by atoms with Crippen LogP contribution in [-0.2, 0) is 0 Å². The molecule has 180 valence electrons. The van der Waals surface area contributed by atoms with Crippen molar-refractivity contribution in [1.29, 1.82) is 0 Å². The van der Waals surface area contributed by atoms with Crippen molar-refractivity contribution in [3.63, 3.8) is 0 Å². The molecule has 2 aromatic heterocycles. The van der Waals surface area contributed by atoms with E-state index in [4.69, 9.17) is 19.9 Å². The lowest BCUT2D eigenvalue weighted by molar-refractivity contribution is 0.823. The van der Waals surface area contributed by atoms with Gasteiger partial charge in [-0.2, -0.15) is 0 Å². The number of rotatable bonds is 4. The van der Waals surface area contributed by atoms with E-state index in [-0.39, 0.29) is 5.92 Å². The van der Waals surface area contributed by atoms with Gasteiger partial charge in [0.2, 0.25) is 0 Å². The molecule has 2 heterocycles. The van der Waals surface area contributed by atoms with Crippen LogP contribution in [0.4, 0.5) is 0 Å². The molecule has 0 spiro atoms. The van der Waals surface area contributed by atoms with E-state index in [1.807, 2.05) is 66.7 Å². The summed E-state index contributed by atoms with van der Waals surface area (Å²) in [6.07, 6.45) is 9.54. The minimum Gasteiger partial charge on any atom is -0.232 e. The van der Waals surface area contributed by atoms with E-state index in [2.05, 4.69) is 60.7 Å². The zero-order valence-corrected chi connectivity index (χ0v) is 20.7. The van der Waals surface area contributed by atoms with Crippen LogP contribution in [-0.4, -0.2) is 19.9 Å². The number of hydrogen-bond donors (Lipinski definition) is 0. The van der Waals surface area contributed by atoms with Crippen LogP contribution < -0.4 is 0 Å². The Kier molecular flexibility index (Phi) is 5.56. The van der Waals surface area contributed by atoms with Crippen LogP contribution in [0.5, 0.6) is 0 Å². The standard InChI is InChI=1S/C34H24N4/c1-5-13-23(14-6-1)30-27-21-22-28-29(32(27)38-34(36-30)26-19-11-4-12-20-26)31(24-15-7-2-8-16-24)37-33(35-28)25-17-9-3-10-18-25/h1-13,15-23H,14H2. The first-order valence-electron chi connectivity index (χ1n) is 12.9. The van der Waals surface area contributed by atoms with Crippen molar-refractivity contribution in [2.45, 2.75) is 12.3 Å². The van der Waals surface area contributed by atoms with E-state index >= 15 is 0 Å². The summed E-state index contributed by atoms with van der Waals surface area (Å²) in [6.45, 7) is 0. The van der Waals surface area contributed by atoms with E-state index < -0.39 is 0 Å². The minimum absolute atomic E-state index is 0.176. The topological polar surface area (TPSA) is 51.6 Å². The van der Waals surface area contributed by atoms with E-state index in [9.17, 15) is 0 Å². The zero-order valence-electron chi connectivity index (χ0n) is 20.7. The molecule has 0 amide bonds. The predicted molar refractivity (Wildman–Crippen MR) is 155 cm³/mol. The first kappa shape index (κ1) is 22.3. The SMILES string of the molecule is C1=CCC(c2nc(-c3ccccc3)nc3c2ccc2nc(-c4ccccc4)nc(-c4ccccc4)c23)C=C1. The molecule has 4 aromatic carbocycles. The predicted octanol–water partition coefficient (Wildman–Crippen LogP) is 8.17. The number of fused-ring (bicyclic) bond motifs is 3. The fraction of sp³-hybridized carbons (Fsp3) is 0.0588. The Balaban J connectivity index is 1.59. The summed E-state index contributed by atoms with van der Waals surface area (Å²) in [6, 6.07) is 34.9. The lowest BCUT2D eigenvalue weighted by Crippen LogP contribution is -2.05. The summed E-state index contributed by atoms with van der Waals surface area (Å²) >= 11 is 0. The molecule has 1 atom stereocenters. The van der Waals surface area contributed by atoms with Crippen molar-refractivity contribution in [3.8, 4) is 34.0 Å². The molecule has 0 fully saturated rings. The maximum atomic E-state index is 5.18. The highest BCUT2D eigenvalue weighted by Gasteiger charge is 2.21. The average molecular weight is 489 g/mol. The van der Waals surface area contributed by atoms with Gasteiger partial charge in [0.25, 0.3) is 0 Å². The Hall–Kier alpha value is -4.96. The molecular weight excluding hydrogens is 464 g/mol. The van der Waals surface area contributed by atoms with Crippen LogP contribution in [0.15, 0.2) is 127 Å². The number of nitrogens with zero attached hydrogens (tertiary/aromatic N) is 4. The molecule has 0 N–H and O–H groups in total. The molecule has 6 aromatic rings. The summed E-state index contributed by atoms with van der Waals surface area (Å²) in [5.41, 5.74) is 6.67. The summed E-state index contributed by atoms with van der Waals surface area (Å²) in [5, 5.41) is 1.99. The van der Waals surface area contributed by atoms with Gasteiger partial charge in [0.1, 0.15) is 0 Å². The van der Waals surface area contributed by atoms with Gasteiger partial charge in [-0.15, -0.1) is 0 Å². The summed E-state index contributed by atoms with van der Waals surface area (Å²) < 4.78 is 0. The third-order valence-electron chi connectivity index (χ3n) is 7.00. The Morgan fingerprint density at radius 3 is 1.82 bits per heavy atom. The molecule has 4 nitrogen and oxygen atoms in total. The summed E-state index contributed by atoms with van der Waals surface area (Å²) in [4.78, 5) is 20.5. The van der Waals surface area contributed by atoms with Gasteiger partial charge in [0.05, 0.1) is 27.8 Å². The number of benzene rings is 4. The molecule has 1 aliphatic rings. The molecule has 1 unspecified atom stereocenters. The van der Waals surface area contributed by atoms with Crippen LogP contribution in [0.2, 0.25) is 0 Å². The molecule has 0 saturated carbocycles. The molecule has 0 radical (unpaired) electrons. The monoisotopic (exact) mass is 488 g/mol. The van der Waals surface area contributed by atoms with Crippen molar-refractivity contribution in [2.24, 2.45) is 0 Å². The quantitative estimate of drug-likeness (QED) is 0.235. The highest BCUT2D eigenvalue weighted by atomic mass is 14.9. The molecule has 0 aliphatic heterocycles. The van der Waals surface area contributed by atoms with Crippen molar-refractivity contribution >= 4 is 21.8 Å². The second-order valence-electron chi connectivity index (χ2n) is 9.44. The molecule has 0 bridgehead atoms. The van der Waals surface area contributed by atoms with Crippen molar-refractivity contribution in [3.05, 3.63) is 133 Å². The first-order valence-corrected chi connectivity index (χ1v) is 12.9. The Morgan fingerprint density at radius 2 is 1.18 bits per heavy atom. The maximum absolute atomic E-state index is 5.18. The van der Waals surface area contributed by atoms with Gasteiger partial charge in [-0.25, -0.2) is 19.9 Å².